The number of rotatable bonds is 9. The average Bonchev–Trinajstić information content (AvgIpc) is 3.60. The molecule has 1 N–H and O–H groups in total. The predicted molar refractivity (Wildman–Crippen MR) is 142 cm³/mol. The fraction of sp³-hybridized carbons (Fsp3) is 0.143. The van der Waals surface area contributed by atoms with Crippen LogP contribution in [0.25, 0.3) is 16.8 Å². The van der Waals surface area contributed by atoms with Crippen LogP contribution in [-0.4, -0.2) is 36.2 Å². The van der Waals surface area contributed by atoms with E-state index >= 15 is 0 Å². The number of aryl methyl sites for hydroxylation is 1. The van der Waals surface area contributed by atoms with Crippen LogP contribution in [0.1, 0.15) is 16.7 Å². The fourth-order valence-electron chi connectivity index (χ4n) is 3.91. The topological polar surface area (TPSA) is 77.6 Å². The van der Waals surface area contributed by atoms with Crippen LogP contribution < -0.4 is 5.32 Å². The van der Waals surface area contributed by atoms with Crippen molar-refractivity contribution in [3.8, 4) is 16.8 Å². The van der Waals surface area contributed by atoms with Crippen molar-refractivity contribution >= 4 is 17.7 Å². The number of amides is 1. The minimum Gasteiger partial charge on any atom is -0.351 e. The summed E-state index contributed by atoms with van der Waals surface area (Å²) in [7, 11) is 0. The van der Waals surface area contributed by atoms with Crippen molar-refractivity contribution in [1.82, 2.24) is 29.9 Å². The predicted octanol–water partition coefficient (Wildman–Crippen LogP) is 4.90. The lowest BCUT2D eigenvalue weighted by atomic mass is 9.98. The summed E-state index contributed by atoms with van der Waals surface area (Å²) in [4.78, 5) is 12.7. The quantitative estimate of drug-likeness (QED) is 0.295. The summed E-state index contributed by atoms with van der Waals surface area (Å²) in [5.74, 6) is 0.206. The largest absolute Gasteiger partial charge is 0.351 e. The number of benzene rings is 3. The van der Waals surface area contributed by atoms with Gasteiger partial charge in [-0.3, -0.25) is 14.0 Å². The molecule has 0 saturated heterocycles. The van der Waals surface area contributed by atoms with Crippen molar-refractivity contribution in [2.45, 2.75) is 25.2 Å². The number of carbonyl (C=O) groups excluding carboxylic acids is 1. The summed E-state index contributed by atoms with van der Waals surface area (Å²) in [5.41, 5.74) is 6.63. The molecular formula is C28H26N6OS. The highest BCUT2D eigenvalue weighted by atomic mass is 32.2. The number of aromatic nitrogens is 5. The Morgan fingerprint density at radius 2 is 1.78 bits per heavy atom. The van der Waals surface area contributed by atoms with Gasteiger partial charge in [-0.2, -0.15) is 5.10 Å². The molecule has 36 heavy (non-hydrogen) atoms. The number of nitrogens with one attached hydrogen (secondary N) is 1. The van der Waals surface area contributed by atoms with E-state index in [4.69, 9.17) is 0 Å². The van der Waals surface area contributed by atoms with Crippen LogP contribution in [0.15, 0.2) is 103 Å². The number of hydrogen-bond acceptors (Lipinski definition) is 5. The van der Waals surface area contributed by atoms with Crippen molar-refractivity contribution in [2.24, 2.45) is 0 Å². The molecule has 3 aromatic carbocycles. The Bertz CT molecular complexity index is 1430. The van der Waals surface area contributed by atoms with Gasteiger partial charge in [0.15, 0.2) is 5.16 Å². The van der Waals surface area contributed by atoms with Gasteiger partial charge in [-0.15, -0.1) is 10.2 Å². The minimum atomic E-state index is -0.0529. The number of hydrogen-bond donors (Lipinski definition) is 1. The molecule has 0 unspecified atom stereocenters. The molecule has 2 heterocycles. The highest BCUT2D eigenvalue weighted by Gasteiger charge is 2.11. The molecule has 5 aromatic rings. The van der Waals surface area contributed by atoms with Crippen molar-refractivity contribution in [2.75, 3.05) is 5.75 Å². The van der Waals surface area contributed by atoms with E-state index in [-0.39, 0.29) is 11.7 Å². The number of nitrogens with zero attached hydrogens (tertiary/aromatic N) is 5. The van der Waals surface area contributed by atoms with E-state index in [1.807, 2.05) is 64.8 Å². The standard InChI is InChI=1S/C28H26N6OS/c1-21-7-13-25(14-8-21)34-20-30-32-28(34)36-19-27(35)29-17-24-5-2-3-6-26(24)23-11-9-22(10-12-23)18-33-16-4-15-31-33/h2-16,20H,17-19H2,1H3,(H,29,35). The molecule has 0 bridgehead atoms. The molecule has 0 spiro atoms. The highest BCUT2D eigenvalue weighted by Crippen LogP contribution is 2.25. The second kappa shape index (κ2) is 11.0. The first-order chi connectivity index (χ1) is 17.7. The zero-order chi connectivity index (χ0) is 24.7. The molecule has 8 heteroatoms. The van der Waals surface area contributed by atoms with Crippen LogP contribution >= 0.6 is 11.8 Å². The molecule has 0 atom stereocenters. The van der Waals surface area contributed by atoms with E-state index in [9.17, 15) is 4.79 Å². The van der Waals surface area contributed by atoms with E-state index in [1.54, 1.807) is 12.5 Å². The molecule has 0 radical (unpaired) electrons. The lowest BCUT2D eigenvalue weighted by Crippen LogP contribution is -2.25. The first kappa shape index (κ1) is 23.6. The molecule has 2 aromatic heterocycles. The first-order valence-corrected chi connectivity index (χ1v) is 12.7. The lowest BCUT2D eigenvalue weighted by Gasteiger charge is -2.12. The second-order valence-corrected chi connectivity index (χ2v) is 9.38. The third-order valence-corrected chi connectivity index (χ3v) is 6.77. The molecule has 5 rings (SSSR count). The molecule has 1 amide bonds. The van der Waals surface area contributed by atoms with Gasteiger partial charge in [0, 0.05) is 24.6 Å². The average molecular weight is 495 g/mol. The summed E-state index contributed by atoms with van der Waals surface area (Å²) in [6.45, 7) is 3.24. The molecule has 0 aliphatic carbocycles. The summed E-state index contributed by atoms with van der Waals surface area (Å²) < 4.78 is 3.79. The zero-order valence-corrected chi connectivity index (χ0v) is 20.7. The Kier molecular flexibility index (Phi) is 7.23. The van der Waals surface area contributed by atoms with Crippen molar-refractivity contribution in [3.05, 3.63) is 114 Å². The maximum absolute atomic E-state index is 12.7. The Labute approximate surface area is 214 Å². The van der Waals surface area contributed by atoms with Crippen LogP contribution in [0.4, 0.5) is 0 Å². The molecule has 7 nitrogen and oxygen atoms in total. The monoisotopic (exact) mass is 494 g/mol. The lowest BCUT2D eigenvalue weighted by molar-refractivity contribution is -0.118. The second-order valence-electron chi connectivity index (χ2n) is 8.44. The van der Waals surface area contributed by atoms with Gasteiger partial charge in [-0.1, -0.05) is 78.0 Å². The summed E-state index contributed by atoms with van der Waals surface area (Å²) in [6.07, 6.45) is 5.41. The first-order valence-electron chi connectivity index (χ1n) is 11.7. The van der Waals surface area contributed by atoms with Gasteiger partial charge in [0.25, 0.3) is 0 Å². The van der Waals surface area contributed by atoms with Crippen LogP contribution in [0.5, 0.6) is 0 Å². The normalized spacial score (nSPS) is 10.9. The SMILES string of the molecule is Cc1ccc(-n2cnnc2SCC(=O)NCc2ccccc2-c2ccc(Cn3cccn3)cc2)cc1. The number of carbonyl (C=O) groups is 1. The van der Waals surface area contributed by atoms with Crippen molar-refractivity contribution in [1.29, 1.82) is 0 Å². The highest BCUT2D eigenvalue weighted by molar-refractivity contribution is 7.99. The molecule has 0 fully saturated rings. The van der Waals surface area contributed by atoms with Gasteiger partial charge < -0.3 is 5.32 Å². The third-order valence-electron chi connectivity index (χ3n) is 5.82. The summed E-state index contributed by atoms with van der Waals surface area (Å²) in [5, 5.41) is 16.2. The molecule has 0 aliphatic rings. The van der Waals surface area contributed by atoms with E-state index in [0.29, 0.717) is 11.7 Å². The van der Waals surface area contributed by atoms with Crippen LogP contribution in [0, 0.1) is 6.92 Å². The summed E-state index contributed by atoms with van der Waals surface area (Å²) in [6, 6.07) is 26.7. The van der Waals surface area contributed by atoms with Crippen molar-refractivity contribution < 1.29 is 4.79 Å². The molecular weight excluding hydrogens is 468 g/mol. The van der Waals surface area contributed by atoms with Gasteiger partial charge in [0.1, 0.15) is 6.33 Å². The van der Waals surface area contributed by atoms with Crippen molar-refractivity contribution in [3.63, 3.8) is 0 Å². The minimum absolute atomic E-state index is 0.0529. The number of thioether (sulfide) groups is 1. The van der Waals surface area contributed by atoms with Gasteiger partial charge in [-0.05, 0) is 47.4 Å². The Morgan fingerprint density at radius 3 is 2.56 bits per heavy atom. The van der Waals surface area contributed by atoms with E-state index in [2.05, 4.69) is 57.0 Å². The van der Waals surface area contributed by atoms with Gasteiger partial charge in [0.05, 0.1) is 12.3 Å². The van der Waals surface area contributed by atoms with Crippen LogP contribution in [-0.2, 0) is 17.9 Å². The van der Waals surface area contributed by atoms with Crippen LogP contribution in [0.3, 0.4) is 0 Å². The molecule has 0 aliphatic heterocycles. The van der Waals surface area contributed by atoms with Crippen LogP contribution in [0.2, 0.25) is 0 Å². The van der Waals surface area contributed by atoms with E-state index in [1.165, 1.54) is 22.9 Å². The van der Waals surface area contributed by atoms with Gasteiger partial charge in [0.2, 0.25) is 5.91 Å². The van der Waals surface area contributed by atoms with E-state index < -0.39 is 0 Å². The summed E-state index contributed by atoms with van der Waals surface area (Å²) >= 11 is 1.37. The van der Waals surface area contributed by atoms with E-state index in [0.717, 1.165) is 28.9 Å². The Hall–Kier alpha value is -4.17. The Balaban J connectivity index is 1.19. The maximum Gasteiger partial charge on any atom is 0.230 e. The smallest absolute Gasteiger partial charge is 0.230 e. The van der Waals surface area contributed by atoms with Gasteiger partial charge in [-0.25, -0.2) is 0 Å². The third kappa shape index (κ3) is 5.72. The molecule has 180 valence electrons. The zero-order valence-electron chi connectivity index (χ0n) is 19.9. The molecule has 0 saturated carbocycles. The maximum atomic E-state index is 12.7. The van der Waals surface area contributed by atoms with Gasteiger partial charge >= 0.3 is 0 Å². The Morgan fingerprint density at radius 1 is 0.972 bits per heavy atom. The fourth-order valence-corrected chi connectivity index (χ4v) is 4.67.